The fourth-order valence-electron chi connectivity index (χ4n) is 3.08. The topological polar surface area (TPSA) is 48.4 Å². The number of aromatic nitrogens is 1. The van der Waals surface area contributed by atoms with Crippen molar-refractivity contribution >= 4 is 15.9 Å². The van der Waals surface area contributed by atoms with Gasteiger partial charge < -0.3 is 10.4 Å². The molecule has 2 aliphatic rings. The van der Waals surface area contributed by atoms with Gasteiger partial charge in [0, 0.05) is 29.8 Å². The maximum atomic E-state index is 10.0. The van der Waals surface area contributed by atoms with Crippen LogP contribution in [0.25, 0.3) is 0 Å². The third-order valence-corrected chi connectivity index (χ3v) is 4.43. The molecule has 3 atom stereocenters. The Morgan fingerprint density at radius 3 is 2.94 bits per heavy atom. The quantitative estimate of drug-likeness (QED) is 0.865. The summed E-state index contributed by atoms with van der Waals surface area (Å²) in [5.41, 5.74) is 1.12. The lowest BCUT2D eigenvalue weighted by Crippen LogP contribution is -2.42. The molecule has 3 heterocycles. The second-order valence-corrected chi connectivity index (χ2v) is 6.01. The Balaban J connectivity index is 1.80. The van der Waals surface area contributed by atoms with E-state index in [1.54, 1.807) is 0 Å². The van der Waals surface area contributed by atoms with Crippen molar-refractivity contribution in [2.45, 2.75) is 31.0 Å². The monoisotopic (exact) mass is 311 g/mol. The van der Waals surface area contributed by atoms with Gasteiger partial charge in [-0.15, -0.1) is 0 Å². The highest BCUT2D eigenvalue weighted by atomic mass is 79.9. The van der Waals surface area contributed by atoms with Crippen molar-refractivity contribution in [2.24, 2.45) is 0 Å². The summed E-state index contributed by atoms with van der Waals surface area (Å²) in [5.74, 6) is 0. The minimum absolute atomic E-state index is 0.239. The minimum atomic E-state index is -0.249. The summed E-state index contributed by atoms with van der Waals surface area (Å²) in [5, 5.41) is 13.3. The average molecular weight is 312 g/mol. The van der Waals surface area contributed by atoms with Gasteiger partial charge in [-0.05, 0) is 47.4 Å². The lowest BCUT2D eigenvalue weighted by molar-refractivity contribution is 0.0738. The molecule has 5 heteroatoms. The molecule has 2 saturated heterocycles. The first-order chi connectivity index (χ1) is 8.75. The van der Waals surface area contributed by atoms with Gasteiger partial charge in [0.05, 0.1) is 17.8 Å². The van der Waals surface area contributed by atoms with E-state index in [-0.39, 0.29) is 12.1 Å². The van der Waals surface area contributed by atoms with E-state index in [9.17, 15) is 5.11 Å². The number of aliphatic hydroxyl groups is 1. The van der Waals surface area contributed by atoms with E-state index in [1.165, 1.54) is 6.42 Å². The predicted molar refractivity (Wildman–Crippen MR) is 73.3 cm³/mol. The molecule has 0 aliphatic carbocycles. The minimum Gasteiger partial charge on any atom is -0.390 e. The van der Waals surface area contributed by atoms with Crippen LogP contribution in [0.2, 0.25) is 0 Å². The summed E-state index contributed by atoms with van der Waals surface area (Å²) in [6.45, 7) is 2.65. The molecule has 98 valence electrons. The fraction of sp³-hybridized carbons (Fsp3) is 0.615. The van der Waals surface area contributed by atoms with Crippen LogP contribution in [0.3, 0.4) is 0 Å². The second-order valence-electron chi connectivity index (χ2n) is 5.09. The van der Waals surface area contributed by atoms with Gasteiger partial charge in [-0.1, -0.05) is 0 Å². The van der Waals surface area contributed by atoms with E-state index in [1.807, 2.05) is 12.3 Å². The number of hydrogen-bond donors (Lipinski definition) is 2. The molecule has 0 spiro atoms. The van der Waals surface area contributed by atoms with Crippen LogP contribution in [0, 0.1) is 0 Å². The Labute approximate surface area is 116 Å². The average Bonchev–Trinajstić information content (AvgIpc) is 2.98. The number of nitrogens with one attached hydrogen (secondary N) is 1. The molecule has 0 bridgehead atoms. The normalized spacial score (nSPS) is 33.1. The van der Waals surface area contributed by atoms with Crippen molar-refractivity contribution in [3.63, 3.8) is 0 Å². The lowest BCUT2D eigenvalue weighted by atomic mass is 10.1. The smallest absolute Gasteiger partial charge is 0.0832 e. The van der Waals surface area contributed by atoms with Gasteiger partial charge >= 0.3 is 0 Å². The van der Waals surface area contributed by atoms with E-state index >= 15 is 0 Å². The van der Waals surface area contributed by atoms with Gasteiger partial charge in [0.1, 0.15) is 0 Å². The molecule has 0 saturated carbocycles. The van der Waals surface area contributed by atoms with Crippen molar-refractivity contribution in [1.29, 1.82) is 0 Å². The zero-order valence-corrected chi connectivity index (χ0v) is 11.8. The number of pyridine rings is 1. The summed E-state index contributed by atoms with van der Waals surface area (Å²) >= 11 is 3.42. The predicted octanol–water partition coefficient (Wildman–Crippen LogP) is 1.31. The molecule has 2 fully saturated rings. The molecule has 18 heavy (non-hydrogen) atoms. The maximum Gasteiger partial charge on any atom is 0.0832 e. The molecule has 1 aromatic rings. The molecule has 1 unspecified atom stereocenters. The van der Waals surface area contributed by atoms with Crippen LogP contribution in [0.15, 0.2) is 22.8 Å². The summed E-state index contributed by atoms with van der Waals surface area (Å²) in [4.78, 5) is 6.93. The fourth-order valence-corrected chi connectivity index (χ4v) is 3.31. The van der Waals surface area contributed by atoms with Gasteiger partial charge in [-0.25, -0.2) is 0 Å². The van der Waals surface area contributed by atoms with Crippen LogP contribution in [-0.4, -0.2) is 46.8 Å². The first-order valence-electron chi connectivity index (χ1n) is 6.51. The molecule has 1 aromatic heterocycles. The zero-order chi connectivity index (χ0) is 12.5. The van der Waals surface area contributed by atoms with Gasteiger partial charge in [-0.3, -0.25) is 9.88 Å². The number of nitrogens with zero attached hydrogens (tertiary/aromatic N) is 2. The van der Waals surface area contributed by atoms with E-state index < -0.39 is 0 Å². The first kappa shape index (κ1) is 12.5. The summed E-state index contributed by atoms with van der Waals surface area (Å²) < 4.78 is 1.01. The first-order valence-corrected chi connectivity index (χ1v) is 7.31. The zero-order valence-electron chi connectivity index (χ0n) is 10.2. The van der Waals surface area contributed by atoms with Crippen LogP contribution in [0.1, 0.15) is 24.6 Å². The molecule has 2 aliphatic heterocycles. The Bertz CT molecular complexity index is 411. The molecule has 0 radical (unpaired) electrons. The summed E-state index contributed by atoms with van der Waals surface area (Å²) in [6.07, 6.45) is 3.93. The van der Waals surface area contributed by atoms with E-state index in [0.29, 0.717) is 12.6 Å². The van der Waals surface area contributed by atoms with Crippen LogP contribution < -0.4 is 5.32 Å². The summed E-state index contributed by atoms with van der Waals surface area (Å²) in [7, 11) is 0. The molecular weight excluding hydrogens is 294 g/mol. The van der Waals surface area contributed by atoms with E-state index in [4.69, 9.17) is 0 Å². The van der Waals surface area contributed by atoms with Crippen molar-refractivity contribution in [2.75, 3.05) is 19.6 Å². The van der Waals surface area contributed by atoms with Gasteiger partial charge in [0.25, 0.3) is 0 Å². The van der Waals surface area contributed by atoms with Gasteiger partial charge in [-0.2, -0.15) is 0 Å². The van der Waals surface area contributed by atoms with Crippen LogP contribution >= 0.6 is 15.9 Å². The molecule has 2 N–H and O–H groups in total. The Morgan fingerprint density at radius 1 is 1.39 bits per heavy atom. The highest BCUT2D eigenvalue weighted by Crippen LogP contribution is 2.34. The van der Waals surface area contributed by atoms with E-state index in [0.717, 1.165) is 29.7 Å². The SMILES string of the molecule is O[C@H]1CNC[C@H]1N1CCCC1c1ccc(Br)cn1. The second kappa shape index (κ2) is 5.25. The lowest BCUT2D eigenvalue weighted by Gasteiger charge is -2.31. The number of aliphatic hydroxyl groups excluding tert-OH is 1. The molecular formula is C13H18BrN3O. The Morgan fingerprint density at radius 2 is 2.28 bits per heavy atom. The number of rotatable bonds is 2. The van der Waals surface area contributed by atoms with Crippen molar-refractivity contribution in [1.82, 2.24) is 15.2 Å². The van der Waals surface area contributed by atoms with Crippen LogP contribution in [0.4, 0.5) is 0 Å². The molecule has 0 aromatic carbocycles. The Kier molecular flexibility index (Phi) is 3.66. The summed E-state index contributed by atoms with van der Waals surface area (Å²) in [6, 6.07) is 4.73. The van der Waals surface area contributed by atoms with Crippen LogP contribution in [-0.2, 0) is 0 Å². The standard InChI is InChI=1S/C13H18BrN3O/c14-9-3-4-10(16-6-9)11-2-1-5-17(11)12-7-15-8-13(12)18/h3-4,6,11-13,15,18H,1-2,5,7-8H2/t11?,12-,13+/m1/s1. The van der Waals surface area contributed by atoms with Crippen molar-refractivity contribution < 1.29 is 5.11 Å². The maximum absolute atomic E-state index is 10.0. The number of likely N-dealkylation sites (tertiary alicyclic amines) is 1. The largest absolute Gasteiger partial charge is 0.390 e. The number of hydrogen-bond acceptors (Lipinski definition) is 4. The van der Waals surface area contributed by atoms with Crippen molar-refractivity contribution in [3.05, 3.63) is 28.5 Å². The molecule has 0 amide bonds. The highest BCUT2D eigenvalue weighted by Gasteiger charge is 2.38. The molecule has 3 rings (SSSR count). The van der Waals surface area contributed by atoms with Gasteiger partial charge in [0.15, 0.2) is 0 Å². The van der Waals surface area contributed by atoms with Gasteiger partial charge in [0.2, 0.25) is 0 Å². The highest BCUT2D eigenvalue weighted by molar-refractivity contribution is 9.10. The number of halogens is 1. The van der Waals surface area contributed by atoms with Crippen LogP contribution in [0.5, 0.6) is 0 Å². The number of β-amino-alcohol motifs (C(OH)–C–C–N with tert-alkyl or cyclic N) is 1. The Hall–Kier alpha value is -0.490. The molecule has 4 nitrogen and oxygen atoms in total. The third kappa shape index (κ3) is 2.32. The van der Waals surface area contributed by atoms with Crippen molar-refractivity contribution in [3.8, 4) is 0 Å². The third-order valence-electron chi connectivity index (χ3n) is 3.96. The van der Waals surface area contributed by atoms with E-state index in [2.05, 4.69) is 37.2 Å².